The Balaban J connectivity index is 1.50. The molecule has 78 valence electrons. The van der Waals surface area contributed by atoms with Crippen molar-refractivity contribution in [3.63, 3.8) is 0 Å². The molecule has 2 atom stereocenters. The number of hydrogen-bond acceptors (Lipinski definition) is 8. The summed E-state index contributed by atoms with van der Waals surface area (Å²) in [6.45, 7) is 1.38. The molecule has 0 aromatic carbocycles. The quantitative estimate of drug-likeness (QED) is 0.563. The standard InChI is InChI=1S/C6H8N2O2S4/c1-5(7-3-9-1)11-13-14-12-6-2-10-4-8-6/h3-6H,1-2H2. The van der Waals surface area contributed by atoms with Gasteiger partial charge in [0.05, 0.1) is 0 Å². The van der Waals surface area contributed by atoms with Crippen LogP contribution in [0.1, 0.15) is 0 Å². The summed E-state index contributed by atoms with van der Waals surface area (Å²) in [6.07, 6.45) is 3.04. The minimum Gasteiger partial charge on any atom is -0.480 e. The van der Waals surface area contributed by atoms with E-state index in [0.717, 1.165) is 0 Å². The summed E-state index contributed by atoms with van der Waals surface area (Å²) in [5, 5.41) is 0.493. The number of rotatable bonds is 5. The minimum absolute atomic E-state index is 0.247. The Labute approximate surface area is 97.3 Å². The molecule has 0 aliphatic carbocycles. The van der Waals surface area contributed by atoms with Crippen LogP contribution in [0.4, 0.5) is 0 Å². The molecule has 0 radical (unpaired) electrons. The third kappa shape index (κ3) is 3.48. The average molecular weight is 268 g/mol. The van der Waals surface area contributed by atoms with Gasteiger partial charge in [-0.15, -0.1) is 0 Å². The van der Waals surface area contributed by atoms with E-state index >= 15 is 0 Å². The van der Waals surface area contributed by atoms with E-state index in [9.17, 15) is 0 Å². The highest BCUT2D eigenvalue weighted by molar-refractivity contribution is 9.26. The van der Waals surface area contributed by atoms with Gasteiger partial charge in [-0.3, -0.25) is 0 Å². The van der Waals surface area contributed by atoms with Gasteiger partial charge in [0, 0.05) is 0 Å². The van der Waals surface area contributed by atoms with E-state index in [2.05, 4.69) is 9.98 Å². The molecule has 0 saturated heterocycles. The third-order valence-corrected chi connectivity index (χ3v) is 7.97. The molecule has 2 aliphatic rings. The first-order chi connectivity index (χ1) is 6.95. The van der Waals surface area contributed by atoms with E-state index in [1.165, 1.54) is 12.8 Å². The van der Waals surface area contributed by atoms with Crippen molar-refractivity contribution in [3.8, 4) is 0 Å². The zero-order chi connectivity index (χ0) is 9.64. The highest BCUT2D eigenvalue weighted by Crippen LogP contribution is 2.47. The van der Waals surface area contributed by atoms with E-state index in [1.54, 1.807) is 41.2 Å². The Hall–Kier alpha value is 0.340. The van der Waals surface area contributed by atoms with Crippen molar-refractivity contribution in [2.24, 2.45) is 9.98 Å². The Morgan fingerprint density at radius 2 is 1.43 bits per heavy atom. The van der Waals surface area contributed by atoms with Crippen LogP contribution in [0.5, 0.6) is 0 Å². The Morgan fingerprint density at radius 3 is 1.79 bits per heavy atom. The molecule has 0 spiro atoms. The van der Waals surface area contributed by atoms with Gasteiger partial charge in [0.2, 0.25) is 0 Å². The lowest BCUT2D eigenvalue weighted by atomic mass is 10.7. The second-order valence-electron chi connectivity index (χ2n) is 2.41. The highest BCUT2D eigenvalue weighted by atomic mass is 33.7. The lowest BCUT2D eigenvalue weighted by molar-refractivity contribution is 0.354. The molecular formula is C6H8N2O2S4. The molecule has 0 fully saturated rings. The lowest BCUT2D eigenvalue weighted by Gasteiger charge is -2.04. The maximum atomic E-state index is 5.00. The molecule has 8 heteroatoms. The first-order valence-electron chi connectivity index (χ1n) is 3.87. The summed E-state index contributed by atoms with van der Waals surface area (Å²) in [5.41, 5.74) is 0. The van der Waals surface area contributed by atoms with Crippen LogP contribution in [-0.4, -0.2) is 36.8 Å². The van der Waals surface area contributed by atoms with Gasteiger partial charge in [-0.1, -0.05) is 21.6 Å². The van der Waals surface area contributed by atoms with E-state index < -0.39 is 0 Å². The predicted octanol–water partition coefficient (Wildman–Crippen LogP) is 2.43. The van der Waals surface area contributed by atoms with Gasteiger partial charge in [0.15, 0.2) is 12.8 Å². The molecule has 0 aromatic rings. The Kier molecular flexibility index (Phi) is 4.68. The smallest absolute Gasteiger partial charge is 0.170 e. The zero-order valence-corrected chi connectivity index (χ0v) is 10.3. The molecule has 0 aromatic heterocycles. The summed E-state index contributed by atoms with van der Waals surface area (Å²) >= 11 is 0. The average Bonchev–Trinajstić information content (AvgIpc) is 2.86. The molecule has 0 amide bonds. The summed E-state index contributed by atoms with van der Waals surface area (Å²) in [7, 11) is 6.84. The van der Waals surface area contributed by atoms with Crippen molar-refractivity contribution in [3.05, 3.63) is 0 Å². The summed E-state index contributed by atoms with van der Waals surface area (Å²) < 4.78 is 10.0. The van der Waals surface area contributed by atoms with Crippen molar-refractivity contribution in [2.75, 3.05) is 13.2 Å². The third-order valence-electron chi connectivity index (χ3n) is 1.41. The Morgan fingerprint density at radius 1 is 0.929 bits per heavy atom. The maximum Gasteiger partial charge on any atom is 0.170 e. The van der Waals surface area contributed by atoms with E-state index in [1.807, 2.05) is 0 Å². The monoisotopic (exact) mass is 268 g/mol. The van der Waals surface area contributed by atoms with Gasteiger partial charge in [0.25, 0.3) is 0 Å². The van der Waals surface area contributed by atoms with E-state index in [4.69, 9.17) is 9.47 Å². The largest absolute Gasteiger partial charge is 0.480 e. The Bertz CT molecular complexity index is 214. The van der Waals surface area contributed by atoms with Crippen LogP contribution in [0, 0.1) is 0 Å². The summed E-state index contributed by atoms with van der Waals surface area (Å²) in [4.78, 5) is 8.25. The van der Waals surface area contributed by atoms with Gasteiger partial charge >= 0.3 is 0 Å². The van der Waals surface area contributed by atoms with Crippen molar-refractivity contribution in [1.82, 2.24) is 0 Å². The molecule has 0 bridgehead atoms. The van der Waals surface area contributed by atoms with Crippen molar-refractivity contribution >= 4 is 54.0 Å². The molecular weight excluding hydrogens is 260 g/mol. The summed E-state index contributed by atoms with van der Waals surface area (Å²) in [6, 6.07) is 0. The normalized spacial score (nSPS) is 29.1. The van der Waals surface area contributed by atoms with Crippen LogP contribution >= 0.6 is 41.2 Å². The zero-order valence-electron chi connectivity index (χ0n) is 7.07. The fourth-order valence-corrected chi connectivity index (χ4v) is 6.81. The molecule has 2 aliphatic heterocycles. The molecule has 2 unspecified atom stereocenters. The van der Waals surface area contributed by atoms with Crippen LogP contribution < -0.4 is 0 Å². The second kappa shape index (κ2) is 6.04. The number of ether oxygens (including phenoxy) is 2. The number of hydrogen-bond donors (Lipinski definition) is 0. The van der Waals surface area contributed by atoms with Gasteiger partial charge < -0.3 is 9.47 Å². The molecule has 2 rings (SSSR count). The molecule has 4 nitrogen and oxygen atoms in total. The lowest BCUT2D eigenvalue weighted by Crippen LogP contribution is -1.98. The minimum atomic E-state index is 0.247. The molecule has 0 saturated carbocycles. The fraction of sp³-hybridized carbons (Fsp3) is 0.667. The topological polar surface area (TPSA) is 43.2 Å². The van der Waals surface area contributed by atoms with Crippen LogP contribution in [-0.2, 0) is 9.47 Å². The van der Waals surface area contributed by atoms with Gasteiger partial charge in [-0.2, -0.15) is 0 Å². The van der Waals surface area contributed by atoms with Gasteiger partial charge in [-0.05, 0) is 19.7 Å². The van der Waals surface area contributed by atoms with Gasteiger partial charge in [-0.25, -0.2) is 9.98 Å². The first-order valence-corrected chi connectivity index (χ1v) is 8.81. The predicted molar refractivity (Wildman–Crippen MR) is 66.8 cm³/mol. The van der Waals surface area contributed by atoms with Crippen molar-refractivity contribution < 1.29 is 9.47 Å². The first kappa shape index (κ1) is 10.8. The van der Waals surface area contributed by atoms with Crippen molar-refractivity contribution in [2.45, 2.75) is 10.7 Å². The van der Waals surface area contributed by atoms with Crippen LogP contribution in [0.15, 0.2) is 9.98 Å². The summed E-state index contributed by atoms with van der Waals surface area (Å²) in [5.74, 6) is 0. The van der Waals surface area contributed by atoms with Gasteiger partial charge in [0.1, 0.15) is 24.0 Å². The highest BCUT2D eigenvalue weighted by Gasteiger charge is 2.15. The van der Waals surface area contributed by atoms with E-state index in [-0.39, 0.29) is 10.7 Å². The number of aliphatic imine (C=N–C) groups is 2. The SMILES string of the molecule is C1=NC(SSSSC2COC=N2)CO1. The molecule has 0 N–H and O–H groups in total. The number of nitrogens with zero attached hydrogens (tertiary/aromatic N) is 2. The van der Waals surface area contributed by atoms with Crippen LogP contribution in [0.3, 0.4) is 0 Å². The second-order valence-corrected chi connectivity index (χ2v) is 8.58. The van der Waals surface area contributed by atoms with Crippen LogP contribution in [0.2, 0.25) is 0 Å². The molecule has 14 heavy (non-hydrogen) atoms. The van der Waals surface area contributed by atoms with E-state index in [0.29, 0.717) is 13.2 Å². The maximum absolute atomic E-state index is 5.00. The fourth-order valence-electron chi connectivity index (χ4n) is 0.787. The van der Waals surface area contributed by atoms with Crippen molar-refractivity contribution in [1.29, 1.82) is 0 Å². The van der Waals surface area contributed by atoms with Crippen LogP contribution in [0.25, 0.3) is 0 Å². The molecule has 2 heterocycles.